The van der Waals surface area contributed by atoms with E-state index in [1.54, 1.807) is 12.1 Å². The number of nitrogens with zero attached hydrogens (tertiary/aromatic N) is 2. The first-order valence-electron chi connectivity index (χ1n) is 8.83. The highest BCUT2D eigenvalue weighted by Gasteiger charge is 2.30. The Morgan fingerprint density at radius 1 is 1.03 bits per heavy atom. The van der Waals surface area contributed by atoms with Crippen LogP contribution < -0.4 is 15.6 Å². The molecule has 9 heteroatoms. The van der Waals surface area contributed by atoms with Gasteiger partial charge in [0.15, 0.2) is 5.65 Å². The van der Waals surface area contributed by atoms with E-state index in [1.165, 1.54) is 25.4 Å². The number of para-hydroxylation sites is 1. The van der Waals surface area contributed by atoms with Crippen LogP contribution in [-0.4, -0.2) is 22.1 Å². The Morgan fingerprint density at radius 2 is 1.83 bits per heavy atom. The van der Waals surface area contributed by atoms with Gasteiger partial charge in [0.2, 0.25) is 5.95 Å². The van der Waals surface area contributed by atoms with Gasteiger partial charge in [-0.1, -0.05) is 24.3 Å². The molecule has 152 valence electrons. The van der Waals surface area contributed by atoms with Crippen LogP contribution in [-0.2, 0) is 6.18 Å². The number of hydrogen-bond donors (Lipinski definition) is 2. The molecule has 4 aromatic rings. The van der Waals surface area contributed by atoms with E-state index in [0.29, 0.717) is 16.9 Å². The third kappa shape index (κ3) is 3.69. The van der Waals surface area contributed by atoms with Gasteiger partial charge in [0.1, 0.15) is 5.75 Å². The van der Waals surface area contributed by atoms with Gasteiger partial charge in [-0.15, -0.1) is 0 Å². The summed E-state index contributed by atoms with van der Waals surface area (Å²) < 4.78 is 44.1. The first-order valence-corrected chi connectivity index (χ1v) is 8.83. The van der Waals surface area contributed by atoms with Gasteiger partial charge in [0.05, 0.1) is 18.1 Å². The summed E-state index contributed by atoms with van der Waals surface area (Å²) in [4.78, 5) is 23.8. The Balaban J connectivity index is 1.79. The van der Waals surface area contributed by atoms with Crippen LogP contribution in [0.15, 0.2) is 65.6 Å². The van der Waals surface area contributed by atoms with Crippen molar-refractivity contribution in [2.24, 2.45) is 0 Å². The summed E-state index contributed by atoms with van der Waals surface area (Å²) in [5.74, 6) is 0.562. The molecule has 4 rings (SSSR count). The number of methoxy groups -OCH3 is 1. The summed E-state index contributed by atoms with van der Waals surface area (Å²) in [6.07, 6.45) is -2.97. The second-order valence-electron chi connectivity index (χ2n) is 6.38. The maximum Gasteiger partial charge on any atom is 0.416 e. The summed E-state index contributed by atoms with van der Waals surface area (Å²) in [7, 11) is 1.53. The number of benzene rings is 2. The van der Waals surface area contributed by atoms with Crippen molar-refractivity contribution in [3.05, 3.63) is 76.7 Å². The van der Waals surface area contributed by atoms with Crippen LogP contribution in [0.2, 0.25) is 0 Å². The molecular weight excluding hydrogens is 397 g/mol. The van der Waals surface area contributed by atoms with Gasteiger partial charge in [0.25, 0.3) is 5.56 Å². The third-order valence-corrected chi connectivity index (χ3v) is 4.46. The fourth-order valence-corrected chi connectivity index (χ4v) is 3.12. The van der Waals surface area contributed by atoms with Gasteiger partial charge in [-0.2, -0.15) is 18.2 Å². The number of ether oxygens (including phenoxy) is 1. The normalized spacial score (nSPS) is 11.5. The third-order valence-electron chi connectivity index (χ3n) is 4.46. The van der Waals surface area contributed by atoms with E-state index in [2.05, 4.69) is 20.3 Å². The molecule has 0 radical (unpaired) electrons. The number of H-pyrrole nitrogens is 1. The quantitative estimate of drug-likeness (QED) is 0.505. The molecule has 2 aromatic heterocycles. The van der Waals surface area contributed by atoms with Crippen LogP contribution in [0.25, 0.3) is 22.2 Å². The highest BCUT2D eigenvalue weighted by atomic mass is 19.4. The van der Waals surface area contributed by atoms with Crippen LogP contribution >= 0.6 is 0 Å². The molecule has 2 heterocycles. The van der Waals surface area contributed by atoms with Gasteiger partial charge in [-0.3, -0.25) is 9.78 Å². The van der Waals surface area contributed by atoms with Crippen LogP contribution in [0.3, 0.4) is 0 Å². The topological polar surface area (TPSA) is 79.9 Å². The Bertz CT molecular complexity index is 1290. The largest absolute Gasteiger partial charge is 0.496 e. The van der Waals surface area contributed by atoms with E-state index in [-0.39, 0.29) is 22.7 Å². The number of aromatic nitrogens is 3. The molecule has 0 spiro atoms. The molecule has 30 heavy (non-hydrogen) atoms. The van der Waals surface area contributed by atoms with Crippen LogP contribution in [0, 0.1) is 0 Å². The molecule has 0 saturated carbocycles. The van der Waals surface area contributed by atoms with Crippen LogP contribution in [0.4, 0.5) is 24.8 Å². The lowest BCUT2D eigenvalue weighted by atomic mass is 10.0. The number of rotatable bonds is 4. The lowest BCUT2D eigenvalue weighted by Gasteiger charge is -2.12. The second-order valence-corrected chi connectivity index (χ2v) is 6.38. The zero-order chi connectivity index (χ0) is 21.3. The van der Waals surface area contributed by atoms with Crippen molar-refractivity contribution < 1.29 is 17.9 Å². The minimum atomic E-state index is -4.48. The summed E-state index contributed by atoms with van der Waals surface area (Å²) >= 11 is 0. The second kappa shape index (κ2) is 7.51. The SMILES string of the molecule is COc1ccccc1-c1ccnc2nc(Nc3cccc(C(F)(F)F)c3)[nH]c(=O)c12. The first kappa shape index (κ1) is 19.4. The monoisotopic (exact) mass is 412 g/mol. The number of hydrogen-bond acceptors (Lipinski definition) is 5. The Kier molecular flexibility index (Phi) is 4.86. The predicted octanol–water partition coefficient (Wildman–Crippen LogP) is 4.76. The number of nitrogens with one attached hydrogen (secondary N) is 2. The average Bonchev–Trinajstić information content (AvgIpc) is 2.73. The number of pyridine rings is 1. The Labute approximate surface area is 168 Å². The number of alkyl halides is 3. The molecule has 2 aromatic carbocycles. The maximum absolute atomic E-state index is 12.9. The molecule has 0 aliphatic rings. The van der Waals surface area contributed by atoms with Gasteiger partial charge < -0.3 is 10.1 Å². The number of fused-ring (bicyclic) bond motifs is 1. The highest BCUT2D eigenvalue weighted by Crippen LogP contribution is 2.33. The molecule has 0 unspecified atom stereocenters. The molecule has 0 aliphatic heterocycles. The molecule has 0 saturated heterocycles. The van der Waals surface area contributed by atoms with Gasteiger partial charge in [-0.05, 0) is 30.3 Å². The molecule has 2 N–H and O–H groups in total. The minimum absolute atomic E-state index is 0.0171. The fourth-order valence-electron chi connectivity index (χ4n) is 3.12. The molecule has 0 amide bonds. The summed E-state index contributed by atoms with van der Waals surface area (Å²) in [5, 5.41) is 2.95. The van der Waals surface area contributed by atoms with E-state index in [1.807, 2.05) is 18.2 Å². The zero-order valence-corrected chi connectivity index (χ0v) is 15.6. The number of anilines is 2. The van der Waals surface area contributed by atoms with Gasteiger partial charge >= 0.3 is 6.18 Å². The molecule has 6 nitrogen and oxygen atoms in total. The molecule has 0 bridgehead atoms. The van der Waals surface area contributed by atoms with Crippen molar-refractivity contribution in [1.29, 1.82) is 0 Å². The average molecular weight is 412 g/mol. The summed E-state index contributed by atoms with van der Waals surface area (Å²) in [5.41, 5.74) is 0.260. The zero-order valence-electron chi connectivity index (χ0n) is 15.6. The predicted molar refractivity (Wildman–Crippen MR) is 107 cm³/mol. The van der Waals surface area contributed by atoms with Crippen molar-refractivity contribution in [3.63, 3.8) is 0 Å². The van der Waals surface area contributed by atoms with Crippen molar-refractivity contribution in [2.45, 2.75) is 6.18 Å². The number of aromatic amines is 1. The Morgan fingerprint density at radius 3 is 2.60 bits per heavy atom. The van der Waals surface area contributed by atoms with Crippen molar-refractivity contribution in [3.8, 4) is 16.9 Å². The van der Waals surface area contributed by atoms with E-state index in [0.717, 1.165) is 12.1 Å². The lowest BCUT2D eigenvalue weighted by Crippen LogP contribution is -2.13. The standard InChI is InChI=1S/C21H15F3N4O2/c1-30-16-8-3-2-7-14(16)15-9-10-25-18-17(15)19(29)28-20(27-18)26-13-6-4-5-12(11-13)21(22,23)24/h2-11H,1H3,(H2,25,26,27,28,29). The maximum atomic E-state index is 12.9. The Hall–Kier alpha value is -3.88. The molecule has 0 atom stereocenters. The fraction of sp³-hybridized carbons (Fsp3) is 0.0952. The number of halogens is 3. The van der Waals surface area contributed by atoms with E-state index < -0.39 is 17.3 Å². The smallest absolute Gasteiger partial charge is 0.416 e. The summed E-state index contributed by atoms with van der Waals surface area (Å²) in [6, 6.07) is 13.5. The van der Waals surface area contributed by atoms with Gasteiger partial charge in [0, 0.05) is 23.0 Å². The van der Waals surface area contributed by atoms with E-state index in [4.69, 9.17) is 4.74 Å². The molecular formula is C21H15F3N4O2. The summed E-state index contributed by atoms with van der Waals surface area (Å²) in [6.45, 7) is 0. The molecule has 0 fully saturated rings. The molecule has 0 aliphatic carbocycles. The highest BCUT2D eigenvalue weighted by molar-refractivity contribution is 5.94. The van der Waals surface area contributed by atoms with Gasteiger partial charge in [-0.25, -0.2) is 4.98 Å². The van der Waals surface area contributed by atoms with Crippen LogP contribution in [0.5, 0.6) is 5.75 Å². The van der Waals surface area contributed by atoms with Crippen molar-refractivity contribution in [1.82, 2.24) is 15.0 Å². The first-order chi connectivity index (χ1) is 14.4. The van der Waals surface area contributed by atoms with Crippen molar-refractivity contribution in [2.75, 3.05) is 12.4 Å². The lowest BCUT2D eigenvalue weighted by molar-refractivity contribution is -0.137. The van der Waals surface area contributed by atoms with Crippen molar-refractivity contribution >= 4 is 22.7 Å². The minimum Gasteiger partial charge on any atom is -0.496 e. The van der Waals surface area contributed by atoms with Crippen LogP contribution in [0.1, 0.15) is 5.56 Å². The van der Waals surface area contributed by atoms with E-state index in [9.17, 15) is 18.0 Å². The van der Waals surface area contributed by atoms with E-state index >= 15 is 0 Å².